The average molecular weight is 626 g/mol. The third-order valence-electron chi connectivity index (χ3n) is 5.34. The molecule has 0 spiro atoms. The van der Waals surface area contributed by atoms with E-state index in [0.717, 1.165) is 91.7 Å². The van der Waals surface area contributed by atoms with Gasteiger partial charge in [0.15, 0.2) is 0 Å². The number of ketones is 1. The van der Waals surface area contributed by atoms with Crippen LogP contribution < -0.4 is 10.6 Å². The Labute approximate surface area is 223 Å². The number of thiophene rings is 2. The van der Waals surface area contributed by atoms with E-state index in [9.17, 15) is 4.79 Å². The number of hydrogen-bond donors (Lipinski definition) is 4. The quantitative estimate of drug-likeness (QED) is 0.120. The zero-order valence-corrected chi connectivity index (χ0v) is 23.3. The summed E-state index contributed by atoms with van der Waals surface area (Å²) in [6.07, 6.45) is 10.6. The number of rotatable bonds is 14. The Balaban J connectivity index is 1.31. The molecule has 7 nitrogen and oxygen atoms in total. The summed E-state index contributed by atoms with van der Waals surface area (Å²) in [5.41, 5.74) is 4.27. The van der Waals surface area contributed by atoms with Gasteiger partial charge in [-0.25, -0.2) is 9.97 Å². The van der Waals surface area contributed by atoms with Gasteiger partial charge in [0, 0.05) is 38.3 Å². The van der Waals surface area contributed by atoms with Gasteiger partial charge in [-0.3, -0.25) is 4.79 Å². The third kappa shape index (κ3) is 7.19. The molecule has 180 valence electrons. The lowest BCUT2D eigenvalue weighted by Crippen LogP contribution is -2.21. The highest BCUT2D eigenvalue weighted by atomic mass is 79.9. The predicted octanol–water partition coefficient (Wildman–Crippen LogP) is 4.76. The number of hydrogen-bond acceptors (Lipinski definition) is 7. The van der Waals surface area contributed by atoms with Crippen molar-refractivity contribution in [3.05, 3.63) is 77.0 Å². The highest BCUT2D eigenvalue weighted by molar-refractivity contribution is 9.11. The van der Waals surface area contributed by atoms with E-state index in [1.807, 2.05) is 12.4 Å². The Morgan fingerprint density at radius 3 is 1.62 bits per heavy atom. The smallest absolute Gasteiger partial charge is 0.213 e. The number of carbonyl (C=O) groups excluding carboxylic acids is 1. The lowest BCUT2D eigenvalue weighted by atomic mass is 10.1. The monoisotopic (exact) mass is 624 g/mol. The van der Waals surface area contributed by atoms with E-state index in [0.29, 0.717) is 0 Å². The van der Waals surface area contributed by atoms with Crippen molar-refractivity contribution in [1.29, 1.82) is 0 Å². The average Bonchev–Trinajstić information content (AvgIpc) is 3.61. The van der Waals surface area contributed by atoms with Gasteiger partial charge in [0.2, 0.25) is 5.78 Å². The van der Waals surface area contributed by atoms with Crippen molar-refractivity contribution in [2.45, 2.75) is 25.7 Å². The van der Waals surface area contributed by atoms with Gasteiger partial charge in [0.05, 0.1) is 41.4 Å². The molecule has 34 heavy (non-hydrogen) atoms. The summed E-state index contributed by atoms with van der Waals surface area (Å²) in [5.74, 6) is 0.115. The van der Waals surface area contributed by atoms with Gasteiger partial charge < -0.3 is 20.6 Å². The van der Waals surface area contributed by atoms with Crippen molar-refractivity contribution in [2.24, 2.45) is 0 Å². The van der Waals surface area contributed by atoms with Gasteiger partial charge in [0.1, 0.15) is 0 Å². The highest BCUT2D eigenvalue weighted by Gasteiger charge is 2.22. The minimum Gasteiger partial charge on any atom is -0.351 e. The molecule has 4 aromatic rings. The first-order chi connectivity index (χ1) is 16.6. The summed E-state index contributed by atoms with van der Waals surface area (Å²) in [4.78, 5) is 29.6. The fourth-order valence-electron chi connectivity index (χ4n) is 3.63. The fraction of sp³-hybridized carbons (Fsp3) is 0.348. The normalized spacial score (nSPS) is 11.4. The molecule has 4 N–H and O–H groups in total. The zero-order chi connectivity index (χ0) is 23.8. The maximum Gasteiger partial charge on any atom is 0.213 e. The summed E-state index contributed by atoms with van der Waals surface area (Å²) in [7, 11) is 0. The first kappa shape index (κ1) is 25.5. The second-order valence-corrected chi connectivity index (χ2v) is 12.6. The van der Waals surface area contributed by atoms with E-state index >= 15 is 0 Å². The van der Waals surface area contributed by atoms with Gasteiger partial charge >= 0.3 is 0 Å². The van der Waals surface area contributed by atoms with Crippen molar-refractivity contribution in [3.63, 3.8) is 0 Å². The molecule has 0 amide bonds. The minimum absolute atomic E-state index is 0.115. The minimum atomic E-state index is 0.115. The van der Waals surface area contributed by atoms with Crippen molar-refractivity contribution < 1.29 is 4.79 Å². The Morgan fingerprint density at radius 2 is 1.21 bits per heavy atom. The SMILES string of the molecule is O=C(c1sc(Br)cc1CCNCCc1c[nH]cn1)c1sc(Br)cc1CCNCCc1c[nH]cn1. The second kappa shape index (κ2) is 12.9. The molecule has 0 aliphatic carbocycles. The van der Waals surface area contributed by atoms with Crippen LogP contribution in [0.1, 0.15) is 37.1 Å². The van der Waals surface area contributed by atoms with Crippen LogP contribution >= 0.6 is 54.5 Å². The summed E-state index contributed by atoms with van der Waals surface area (Å²) in [6, 6.07) is 4.15. The summed E-state index contributed by atoms with van der Waals surface area (Å²) >= 11 is 10.2. The first-order valence-electron chi connectivity index (χ1n) is 11.1. The fourth-order valence-corrected chi connectivity index (χ4v) is 6.99. The standard InChI is InChI=1S/C23H26Br2N6OS2/c24-19-9-15(1-5-26-7-3-17-11-28-13-30-17)22(33-19)21(32)23-16(10-20(25)34-23)2-6-27-8-4-18-12-29-14-31-18/h9-14,26-27H,1-8H2,(H,28,30)(H,29,31). The summed E-state index contributed by atoms with van der Waals surface area (Å²) in [6.45, 7) is 3.34. The molecular weight excluding hydrogens is 600 g/mol. The molecule has 0 saturated heterocycles. The van der Waals surface area contributed by atoms with Gasteiger partial charge in [0.25, 0.3) is 0 Å². The van der Waals surface area contributed by atoms with Crippen molar-refractivity contribution >= 4 is 60.3 Å². The van der Waals surface area contributed by atoms with Crippen molar-refractivity contribution in [3.8, 4) is 0 Å². The lowest BCUT2D eigenvalue weighted by molar-refractivity contribution is 0.104. The van der Waals surface area contributed by atoms with Crippen LogP contribution in [0.3, 0.4) is 0 Å². The van der Waals surface area contributed by atoms with Gasteiger partial charge in [-0.15, -0.1) is 22.7 Å². The maximum absolute atomic E-state index is 13.5. The molecule has 0 aromatic carbocycles. The van der Waals surface area contributed by atoms with E-state index in [4.69, 9.17) is 0 Å². The predicted molar refractivity (Wildman–Crippen MR) is 145 cm³/mol. The van der Waals surface area contributed by atoms with Gasteiger partial charge in [-0.1, -0.05) is 0 Å². The molecule has 4 aromatic heterocycles. The number of aromatic nitrogens is 4. The summed E-state index contributed by atoms with van der Waals surface area (Å²) < 4.78 is 1.97. The number of nitrogens with one attached hydrogen (secondary N) is 4. The largest absolute Gasteiger partial charge is 0.351 e. The van der Waals surface area contributed by atoms with E-state index < -0.39 is 0 Å². The molecule has 0 aliphatic heterocycles. The molecule has 11 heteroatoms. The van der Waals surface area contributed by atoms with Gasteiger partial charge in [-0.2, -0.15) is 0 Å². The lowest BCUT2D eigenvalue weighted by Gasteiger charge is -2.07. The molecule has 0 saturated carbocycles. The van der Waals surface area contributed by atoms with Crippen LogP contribution in [0.25, 0.3) is 0 Å². The van der Waals surface area contributed by atoms with Crippen LogP contribution in [0.4, 0.5) is 0 Å². The van der Waals surface area contributed by atoms with Crippen LogP contribution in [0.15, 0.2) is 44.8 Å². The molecule has 0 fully saturated rings. The Morgan fingerprint density at radius 1 is 0.765 bits per heavy atom. The van der Waals surface area contributed by atoms with Crippen LogP contribution in [0.2, 0.25) is 0 Å². The number of halogens is 2. The van der Waals surface area contributed by atoms with E-state index in [1.165, 1.54) is 22.7 Å². The Hall–Kier alpha value is -1.63. The number of H-pyrrole nitrogens is 2. The molecule has 4 heterocycles. The molecule has 0 unspecified atom stereocenters. The Kier molecular flexibility index (Phi) is 9.66. The molecular formula is C23H26Br2N6OS2. The van der Waals surface area contributed by atoms with E-state index in [-0.39, 0.29) is 5.78 Å². The zero-order valence-electron chi connectivity index (χ0n) is 18.5. The third-order valence-corrected chi connectivity index (χ3v) is 8.70. The molecule has 4 rings (SSSR count). The molecule has 0 aliphatic rings. The topological polar surface area (TPSA) is 98.5 Å². The highest BCUT2D eigenvalue weighted by Crippen LogP contribution is 2.34. The Bertz CT molecular complexity index is 1080. The molecule has 0 atom stereocenters. The molecule has 0 radical (unpaired) electrons. The van der Waals surface area contributed by atoms with E-state index in [1.54, 1.807) is 12.7 Å². The number of carbonyl (C=O) groups is 1. The first-order valence-corrected chi connectivity index (χ1v) is 14.3. The van der Waals surface area contributed by atoms with Crippen molar-refractivity contribution in [1.82, 2.24) is 30.6 Å². The number of nitrogens with zero attached hydrogens (tertiary/aromatic N) is 2. The van der Waals surface area contributed by atoms with Crippen LogP contribution in [-0.2, 0) is 25.7 Å². The van der Waals surface area contributed by atoms with E-state index in [2.05, 4.69) is 74.6 Å². The van der Waals surface area contributed by atoms with Crippen LogP contribution in [0.5, 0.6) is 0 Å². The van der Waals surface area contributed by atoms with Crippen LogP contribution in [-0.4, -0.2) is 51.9 Å². The maximum atomic E-state index is 13.5. The number of aromatic amines is 2. The summed E-state index contributed by atoms with van der Waals surface area (Å²) in [5, 5.41) is 6.91. The van der Waals surface area contributed by atoms with Gasteiger partial charge in [-0.05, 0) is 81.1 Å². The molecule has 0 bridgehead atoms. The van der Waals surface area contributed by atoms with Crippen molar-refractivity contribution in [2.75, 3.05) is 26.2 Å². The second-order valence-electron chi connectivity index (χ2n) is 7.76. The van der Waals surface area contributed by atoms with Crippen LogP contribution in [0, 0.1) is 0 Å². The number of imidazole rings is 2.